The van der Waals surface area contributed by atoms with Gasteiger partial charge in [-0.25, -0.2) is 0 Å². The second-order valence-electron chi connectivity index (χ2n) is 1.17. The summed E-state index contributed by atoms with van der Waals surface area (Å²) in [5.74, 6) is 0. The minimum absolute atomic E-state index is 0. The molecule has 0 aliphatic heterocycles. The molecule has 9 heavy (non-hydrogen) atoms. The average Bonchev–Trinajstić information content (AvgIpc) is 1.84. The minimum Gasteiger partial charge on any atom is -0.367 e. The largest absolute Gasteiger partial charge is 2.00 e. The van der Waals surface area contributed by atoms with Crippen LogP contribution in [0.5, 0.6) is 0 Å². The zero-order valence-electron chi connectivity index (χ0n) is 5.04. The number of hydrogen-bond donors (Lipinski definition) is 0. The minimum atomic E-state index is -0.0764. The van der Waals surface area contributed by atoms with E-state index in [1.54, 1.807) is 14.2 Å². The fourth-order valence-electron chi connectivity index (χ4n) is 0.214. The third-order valence-corrected chi connectivity index (χ3v) is 3.07. The molecule has 2 atom stereocenters. The molecule has 0 saturated carbocycles. The molecule has 0 aliphatic carbocycles. The Morgan fingerprint density at radius 2 is 1.22 bits per heavy atom. The predicted octanol–water partition coefficient (Wildman–Crippen LogP) is 1.72. The molecule has 0 amide bonds. The Morgan fingerprint density at radius 1 is 1.00 bits per heavy atom. The van der Waals surface area contributed by atoms with Crippen molar-refractivity contribution in [3.05, 3.63) is 0 Å². The Morgan fingerprint density at radius 3 is 1.33 bits per heavy atom. The van der Waals surface area contributed by atoms with Crippen LogP contribution in [0.4, 0.5) is 0 Å². The van der Waals surface area contributed by atoms with E-state index in [4.69, 9.17) is 9.47 Å². The number of methoxy groups -OCH3 is 2. The van der Waals surface area contributed by atoms with E-state index in [9.17, 15) is 0 Å². The number of hydrogen-bond acceptors (Lipinski definition) is 2. The molecule has 2 nitrogen and oxygen atoms in total. The van der Waals surface area contributed by atoms with Gasteiger partial charge in [-0.2, -0.15) is 0 Å². The van der Waals surface area contributed by atoms with Crippen molar-refractivity contribution in [2.75, 3.05) is 14.2 Å². The van der Waals surface area contributed by atoms with Crippen LogP contribution in [0.2, 0.25) is 0 Å². The molecule has 58 valence electrons. The van der Waals surface area contributed by atoms with E-state index in [1.165, 1.54) is 0 Å². The van der Waals surface area contributed by atoms with Gasteiger partial charge in [0.15, 0.2) is 0 Å². The van der Waals surface area contributed by atoms with E-state index in [2.05, 4.69) is 31.9 Å². The number of alkyl halides is 2. The molecule has 0 aromatic rings. The Labute approximate surface area is 81.8 Å². The van der Waals surface area contributed by atoms with Crippen LogP contribution in [0, 0.1) is 0 Å². The fraction of sp³-hybridized carbons (Fsp3) is 1.00. The van der Waals surface area contributed by atoms with Crippen molar-refractivity contribution < 1.29 is 26.0 Å². The summed E-state index contributed by atoms with van der Waals surface area (Å²) in [5, 5.41) is -0.153. The van der Waals surface area contributed by atoms with Gasteiger partial charge in [0.2, 0.25) is 0 Å². The molecule has 0 fully saturated rings. The molecular formula is C4H8Br2NiO2+2. The van der Waals surface area contributed by atoms with E-state index in [-0.39, 0.29) is 26.5 Å². The van der Waals surface area contributed by atoms with Crippen LogP contribution < -0.4 is 0 Å². The number of rotatable bonds is 3. The molecule has 5 heteroatoms. The van der Waals surface area contributed by atoms with Crippen LogP contribution in [-0.2, 0) is 26.0 Å². The van der Waals surface area contributed by atoms with Gasteiger partial charge in [0.25, 0.3) is 0 Å². The van der Waals surface area contributed by atoms with Gasteiger partial charge in [-0.05, 0) is 0 Å². The molecule has 0 bridgehead atoms. The summed E-state index contributed by atoms with van der Waals surface area (Å²) in [4.78, 5) is 0. The molecule has 0 aromatic carbocycles. The zero-order valence-corrected chi connectivity index (χ0v) is 9.20. The van der Waals surface area contributed by atoms with E-state index in [0.717, 1.165) is 0 Å². The van der Waals surface area contributed by atoms with Crippen LogP contribution in [0.15, 0.2) is 0 Å². The summed E-state index contributed by atoms with van der Waals surface area (Å²) in [5.41, 5.74) is 0. The second kappa shape index (κ2) is 7.48. The van der Waals surface area contributed by atoms with E-state index < -0.39 is 0 Å². The maximum atomic E-state index is 4.85. The van der Waals surface area contributed by atoms with Crippen molar-refractivity contribution in [2.24, 2.45) is 0 Å². The Kier molecular flexibility index (Phi) is 10.8. The molecule has 2 unspecified atom stereocenters. The summed E-state index contributed by atoms with van der Waals surface area (Å²) in [6, 6.07) is 0. The van der Waals surface area contributed by atoms with Gasteiger partial charge in [0.05, 0.1) is 0 Å². The summed E-state index contributed by atoms with van der Waals surface area (Å²) >= 11 is 6.42. The van der Waals surface area contributed by atoms with Crippen LogP contribution in [0.1, 0.15) is 0 Å². The Balaban J connectivity index is 0. The van der Waals surface area contributed by atoms with Gasteiger partial charge in [-0.3, -0.25) is 0 Å². The first kappa shape index (κ1) is 13.0. The second-order valence-corrected chi connectivity index (χ2v) is 2.98. The average molecular weight is 307 g/mol. The standard InChI is InChI=1S/C4H8Br2O2.Ni/c1-7-3(5)4(6)8-2;/h3-4H,1-2H3;/q;+2. The molecule has 0 heterocycles. The smallest absolute Gasteiger partial charge is 0.367 e. The molecule has 0 spiro atoms. The van der Waals surface area contributed by atoms with Crippen molar-refractivity contribution in [3.8, 4) is 0 Å². The topological polar surface area (TPSA) is 18.5 Å². The molecule has 0 rings (SSSR count). The number of halogens is 2. The molecule has 0 aromatic heterocycles. The van der Waals surface area contributed by atoms with Gasteiger partial charge in [-0.1, -0.05) is 31.9 Å². The third kappa shape index (κ3) is 5.80. The maximum absolute atomic E-state index is 4.85. The molecular weight excluding hydrogens is 299 g/mol. The van der Waals surface area contributed by atoms with Crippen molar-refractivity contribution in [1.29, 1.82) is 0 Å². The fourth-order valence-corrected chi connectivity index (χ4v) is 0.646. The Hall–Kier alpha value is 1.37. The maximum Gasteiger partial charge on any atom is 2.00 e. The molecule has 0 aliphatic rings. The normalized spacial score (nSPS) is 16.0. The first-order valence-electron chi connectivity index (χ1n) is 2.06. The monoisotopic (exact) mass is 304 g/mol. The summed E-state index contributed by atoms with van der Waals surface area (Å²) in [7, 11) is 3.21. The zero-order chi connectivity index (χ0) is 6.57. The van der Waals surface area contributed by atoms with E-state index in [1.807, 2.05) is 0 Å². The molecule has 0 N–H and O–H groups in total. The van der Waals surface area contributed by atoms with Crippen molar-refractivity contribution in [1.82, 2.24) is 0 Å². The van der Waals surface area contributed by atoms with Gasteiger partial charge in [0.1, 0.15) is 10.0 Å². The van der Waals surface area contributed by atoms with Gasteiger partial charge in [-0.15, -0.1) is 0 Å². The first-order valence-corrected chi connectivity index (χ1v) is 3.89. The van der Waals surface area contributed by atoms with Crippen LogP contribution >= 0.6 is 31.9 Å². The summed E-state index contributed by atoms with van der Waals surface area (Å²) in [6.07, 6.45) is 0. The van der Waals surface area contributed by atoms with Crippen LogP contribution in [0.3, 0.4) is 0 Å². The molecule has 0 saturated heterocycles. The van der Waals surface area contributed by atoms with Crippen molar-refractivity contribution in [2.45, 2.75) is 10.0 Å². The molecule has 0 radical (unpaired) electrons. The van der Waals surface area contributed by atoms with Crippen molar-refractivity contribution in [3.63, 3.8) is 0 Å². The quantitative estimate of drug-likeness (QED) is 0.584. The van der Waals surface area contributed by atoms with E-state index >= 15 is 0 Å². The summed E-state index contributed by atoms with van der Waals surface area (Å²) < 4.78 is 9.70. The van der Waals surface area contributed by atoms with Gasteiger partial charge in [0, 0.05) is 14.2 Å². The third-order valence-electron chi connectivity index (χ3n) is 0.656. The number of ether oxygens (including phenoxy) is 2. The van der Waals surface area contributed by atoms with Gasteiger partial charge < -0.3 is 9.47 Å². The van der Waals surface area contributed by atoms with Crippen LogP contribution in [-0.4, -0.2) is 24.2 Å². The Bertz CT molecular complexity index is 56.5. The van der Waals surface area contributed by atoms with E-state index in [0.29, 0.717) is 0 Å². The summed E-state index contributed by atoms with van der Waals surface area (Å²) in [6.45, 7) is 0. The van der Waals surface area contributed by atoms with Crippen LogP contribution in [0.25, 0.3) is 0 Å². The SMILES string of the molecule is COC(Br)C(Br)OC.[Ni+2]. The first-order chi connectivity index (χ1) is 3.72. The predicted molar refractivity (Wildman–Crippen MR) is 39.4 cm³/mol. The van der Waals surface area contributed by atoms with Crippen molar-refractivity contribution >= 4 is 31.9 Å². The van der Waals surface area contributed by atoms with Gasteiger partial charge >= 0.3 is 16.5 Å².